The molecule has 4 aromatic rings. The second kappa shape index (κ2) is 3.38. The molecule has 0 aliphatic heterocycles. The van der Waals surface area contributed by atoms with Gasteiger partial charge in [0, 0.05) is 4.70 Å². The van der Waals surface area contributed by atoms with E-state index in [1.165, 1.54) is 15.0 Å². The molecule has 0 unspecified atom stereocenters. The summed E-state index contributed by atoms with van der Waals surface area (Å²) in [6, 6.07) is 10.6. The predicted octanol–water partition coefficient (Wildman–Crippen LogP) is 3.67. The first-order valence-corrected chi connectivity index (χ1v) is 6.87. The first-order valence-electron chi connectivity index (χ1n) is 5.18. The SMILES string of the molecule is c1ccc2sc(-c3cn4ncsc4n3)cc2c1. The Balaban J connectivity index is 1.95. The zero-order valence-corrected chi connectivity index (χ0v) is 10.3. The van der Waals surface area contributed by atoms with Gasteiger partial charge in [-0.3, -0.25) is 0 Å². The number of benzene rings is 1. The molecule has 0 N–H and O–H groups in total. The fourth-order valence-electron chi connectivity index (χ4n) is 1.87. The molecule has 17 heavy (non-hydrogen) atoms. The molecule has 82 valence electrons. The third-order valence-electron chi connectivity index (χ3n) is 2.66. The van der Waals surface area contributed by atoms with Crippen molar-refractivity contribution in [1.82, 2.24) is 14.6 Å². The minimum absolute atomic E-state index is 0.942. The van der Waals surface area contributed by atoms with Crippen LogP contribution in [0.25, 0.3) is 25.6 Å². The lowest BCUT2D eigenvalue weighted by atomic mass is 10.2. The summed E-state index contributed by atoms with van der Waals surface area (Å²) in [4.78, 5) is 6.71. The van der Waals surface area contributed by atoms with E-state index in [0.717, 1.165) is 10.7 Å². The highest BCUT2D eigenvalue weighted by Crippen LogP contribution is 2.33. The van der Waals surface area contributed by atoms with Crippen LogP contribution in [0.3, 0.4) is 0 Å². The third kappa shape index (κ3) is 1.40. The second-order valence-corrected chi connectivity index (χ2v) is 5.64. The number of rotatable bonds is 1. The van der Waals surface area contributed by atoms with Gasteiger partial charge in [-0.15, -0.1) is 11.3 Å². The fraction of sp³-hybridized carbons (Fsp3) is 0. The normalized spacial score (nSPS) is 11.5. The largest absolute Gasteiger partial charge is 0.217 e. The molecule has 1 aromatic carbocycles. The van der Waals surface area contributed by atoms with Gasteiger partial charge in [0.15, 0.2) is 0 Å². The Hall–Kier alpha value is -1.72. The van der Waals surface area contributed by atoms with Crippen LogP contribution < -0.4 is 0 Å². The van der Waals surface area contributed by atoms with Crippen molar-refractivity contribution in [3.05, 3.63) is 42.0 Å². The molecule has 0 fully saturated rings. The Kier molecular flexibility index (Phi) is 1.86. The van der Waals surface area contributed by atoms with E-state index in [9.17, 15) is 0 Å². The maximum absolute atomic E-state index is 4.57. The van der Waals surface area contributed by atoms with Gasteiger partial charge in [-0.05, 0) is 17.5 Å². The molecule has 0 radical (unpaired) electrons. The molecule has 0 aliphatic carbocycles. The molecular formula is C12H7N3S2. The fourth-order valence-corrected chi connectivity index (χ4v) is 3.48. The van der Waals surface area contributed by atoms with Crippen LogP contribution in [0.15, 0.2) is 42.0 Å². The van der Waals surface area contributed by atoms with Crippen LogP contribution in [0.2, 0.25) is 0 Å². The predicted molar refractivity (Wildman–Crippen MR) is 71.7 cm³/mol. The third-order valence-corrected chi connectivity index (χ3v) is 4.49. The van der Waals surface area contributed by atoms with Crippen LogP contribution >= 0.6 is 22.7 Å². The van der Waals surface area contributed by atoms with Crippen LogP contribution in [0, 0.1) is 0 Å². The van der Waals surface area contributed by atoms with Gasteiger partial charge in [-0.1, -0.05) is 29.5 Å². The molecule has 0 amide bonds. The van der Waals surface area contributed by atoms with E-state index in [2.05, 4.69) is 40.4 Å². The quantitative estimate of drug-likeness (QED) is 0.521. The van der Waals surface area contributed by atoms with Gasteiger partial charge >= 0.3 is 0 Å². The molecule has 0 atom stereocenters. The molecule has 3 nitrogen and oxygen atoms in total. The maximum atomic E-state index is 4.57. The van der Waals surface area contributed by atoms with Crippen molar-refractivity contribution in [3.8, 4) is 10.6 Å². The minimum atomic E-state index is 0.942. The Bertz CT molecular complexity index is 748. The molecule has 3 heterocycles. The molecular weight excluding hydrogens is 250 g/mol. The average molecular weight is 257 g/mol. The Morgan fingerprint density at radius 1 is 1.18 bits per heavy atom. The second-order valence-electron chi connectivity index (χ2n) is 3.74. The summed E-state index contributed by atoms with van der Waals surface area (Å²) >= 11 is 3.33. The highest BCUT2D eigenvalue weighted by atomic mass is 32.1. The summed E-state index contributed by atoms with van der Waals surface area (Å²) in [6.07, 6.45) is 1.98. The summed E-state index contributed by atoms with van der Waals surface area (Å²) in [7, 11) is 0. The molecule has 4 rings (SSSR count). The molecule has 3 aromatic heterocycles. The van der Waals surface area contributed by atoms with Gasteiger partial charge in [0.25, 0.3) is 0 Å². The number of fused-ring (bicyclic) bond motifs is 2. The van der Waals surface area contributed by atoms with Crippen molar-refractivity contribution < 1.29 is 0 Å². The number of hydrogen-bond acceptors (Lipinski definition) is 4. The van der Waals surface area contributed by atoms with Gasteiger partial charge in [0.1, 0.15) is 11.2 Å². The van der Waals surface area contributed by atoms with Gasteiger partial charge in [-0.25, -0.2) is 9.50 Å². The maximum Gasteiger partial charge on any atom is 0.212 e. The summed E-state index contributed by atoms with van der Waals surface area (Å²) in [5.74, 6) is 0. The monoisotopic (exact) mass is 257 g/mol. The van der Waals surface area contributed by atoms with Crippen LogP contribution in [0.4, 0.5) is 0 Å². The van der Waals surface area contributed by atoms with Crippen molar-refractivity contribution in [2.75, 3.05) is 0 Å². The van der Waals surface area contributed by atoms with Crippen LogP contribution in [0.5, 0.6) is 0 Å². The van der Waals surface area contributed by atoms with Gasteiger partial charge in [0.2, 0.25) is 4.96 Å². The van der Waals surface area contributed by atoms with Crippen molar-refractivity contribution in [2.45, 2.75) is 0 Å². The number of hydrogen-bond donors (Lipinski definition) is 0. The van der Waals surface area contributed by atoms with Gasteiger partial charge in [0.05, 0.1) is 11.1 Å². The van der Waals surface area contributed by atoms with Crippen molar-refractivity contribution >= 4 is 37.7 Å². The van der Waals surface area contributed by atoms with Gasteiger partial charge in [-0.2, -0.15) is 5.10 Å². The molecule has 0 aliphatic rings. The highest BCUT2D eigenvalue weighted by molar-refractivity contribution is 7.22. The van der Waals surface area contributed by atoms with E-state index < -0.39 is 0 Å². The first kappa shape index (κ1) is 9.32. The number of nitrogens with zero attached hydrogens (tertiary/aromatic N) is 3. The Morgan fingerprint density at radius 3 is 3.00 bits per heavy atom. The van der Waals surface area contributed by atoms with Crippen LogP contribution in [-0.2, 0) is 0 Å². The van der Waals surface area contributed by atoms with Crippen LogP contribution in [-0.4, -0.2) is 14.6 Å². The summed E-state index contributed by atoms with van der Waals surface area (Å²) < 4.78 is 3.12. The molecule has 0 saturated heterocycles. The zero-order chi connectivity index (χ0) is 11.2. The molecule has 5 heteroatoms. The van der Waals surface area contributed by atoms with E-state index in [1.54, 1.807) is 28.2 Å². The topological polar surface area (TPSA) is 30.2 Å². The lowest BCUT2D eigenvalue weighted by Crippen LogP contribution is -1.75. The van der Waals surface area contributed by atoms with E-state index in [1.807, 2.05) is 10.7 Å². The van der Waals surface area contributed by atoms with Crippen LogP contribution in [0.1, 0.15) is 0 Å². The van der Waals surface area contributed by atoms with E-state index >= 15 is 0 Å². The zero-order valence-electron chi connectivity index (χ0n) is 8.70. The lowest BCUT2D eigenvalue weighted by molar-refractivity contribution is 0.974. The van der Waals surface area contributed by atoms with Gasteiger partial charge < -0.3 is 0 Å². The number of imidazole rings is 1. The standard InChI is InChI=1S/C12H7N3S2/c1-2-4-10-8(3-1)5-11(17-10)9-6-15-12(14-9)16-7-13-15/h1-7H. The first-order chi connectivity index (χ1) is 8.40. The van der Waals surface area contributed by atoms with Crippen molar-refractivity contribution in [1.29, 1.82) is 0 Å². The minimum Gasteiger partial charge on any atom is -0.217 e. The highest BCUT2D eigenvalue weighted by Gasteiger charge is 2.09. The van der Waals surface area contributed by atoms with E-state index in [4.69, 9.17) is 0 Å². The van der Waals surface area contributed by atoms with Crippen molar-refractivity contribution in [3.63, 3.8) is 0 Å². The Morgan fingerprint density at radius 2 is 2.12 bits per heavy atom. The molecule has 0 saturated carbocycles. The van der Waals surface area contributed by atoms with Crippen molar-refractivity contribution in [2.24, 2.45) is 0 Å². The number of thiophene rings is 1. The Labute approximate surface area is 105 Å². The molecule has 0 bridgehead atoms. The van der Waals surface area contributed by atoms with E-state index in [-0.39, 0.29) is 0 Å². The summed E-state index contributed by atoms with van der Waals surface area (Å²) in [5.41, 5.74) is 2.81. The lowest BCUT2D eigenvalue weighted by Gasteiger charge is -1.84. The summed E-state index contributed by atoms with van der Waals surface area (Å²) in [5, 5.41) is 5.47. The number of aromatic nitrogens is 3. The smallest absolute Gasteiger partial charge is 0.212 e. The summed E-state index contributed by atoms with van der Waals surface area (Å²) in [6.45, 7) is 0. The van der Waals surface area contributed by atoms with E-state index in [0.29, 0.717) is 0 Å². The average Bonchev–Trinajstić information content (AvgIpc) is 3.01. The molecule has 0 spiro atoms.